The number of esters is 1. The Kier molecular flexibility index (Phi) is 8.12. The minimum Gasteiger partial charge on any atom is -0.452 e. The van der Waals surface area contributed by atoms with E-state index in [9.17, 15) is 18.0 Å². The third kappa shape index (κ3) is 5.92. The summed E-state index contributed by atoms with van der Waals surface area (Å²) in [7, 11) is -3.90. The number of hydrogen-bond acceptors (Lipinski definition) is 6. The Labute approximate surface area is 198 Å². The molecule has 1 fully saturated rings. The average molecular weight is 495 g/mol. The molecule has 0 spiro atoms. The van der Waals surface area contributed by atoms with Gasteiger partial charge in [-0.25, -0.2) is 13.2 Å². The van der Waals surface area contributed by atoms with Gasteiger partial charge in [0.25, 0.3) is 5.91 Å². The van der Waals surface area contributed by atoms with Gasteiger partial charge < -0.3 is 14.8 Å². The summed E-state index contributed by atoms with van der Waals surface area (Å²) < 4.78 is 37.5. The summed E-state index contributed by atoms with van der Waals surface area (Å²) in [5.41, 5.74) is 2.55. The van der Waals surface area contributed by atoms with Crippen molar-refractivity contribution in [3.63, 3.8) is 0 Å². The van der Waals surface area contributed by atoms with Crippen LogP contribution >= 0.6 is 11.6 Å². The molecular weight excluding hydrogens is 468 g/mol. The smallest absolute Gasteiger partial charge is 0.338 e. The maximum Gasteiger partial charge on any atom is 0.338 e. The molecule has 3 rings (SSSR count). The molecule has 1 aliphatic heterocycles. The Morgan fingerprint density at radius 3 is 2.55 bits per heavy atom. The van der Waals surface area contributed by atoms with Crippen molar-refractivity contribution in [3.05, 3.63) is 58.1 Å². The Morgan fingerprint density at radius 2 is 1.88 bits per heavy atom. The van der Waals surface area contributed by atoms with Gasteiger partial charge in [0.05, 0.1) is 23.8 Å². The first-order valence-corrected chi connectivity index (χ1v) is 12.4. The highest BCUT2D eigenvalue weighted by Gasteiger charge is 2.29. The average Bonchev–Trinajstić information content (AvgIpc) is 2.79. The van der Waals surface area contributed by atoms with E-state index in [2.05, 4.69) is 5.32 Å². The summed E-state index contributed by atoms with van der Waals surface area (Å²) in [5, 5.41) is 2.80. The number of ether oxygens (including phenoxy) is 2. The van der Waals surface area contributed by atoms with Crippen molar-refractivity contribution in [2.45, 2.75) is 31.6 Å². The Hall–Kier alpha value is -2.46. The van der Waals surface area contributed by atoms with E-state index in [1.165, 1.54) is 22.5 Å². The molecule has 8 nitrogen and oxygen atoms in total. The number of halogens is 1. The molecule has 1 N–H and O–H groups in total. The predicted molar refractivity (Wildman–Crippen MR) is 125 cm³/mol. The van der Waals surface area contributed by atoms with E-state index in [4.69, 9.17) is 21.1 Å². The van der Waals surface area contributed by atoms with Gasteiger partial charge in [-0.05, 0) is 42.2 Å². The zero-order valence-corrected chi connectivity index (χ0v) is 20.3. The SMILES string of the molecule is Cc1cccc(C(C)C)c1NC(=O)COC(=O)c1ccc(Cl)c(S(=O)(=O)N2CCOCC2)c1. The molecule has 2 aromatic carbocycles. The second kappa shape index (κ2) is 10.6. The summed E-state index contributed by atoms with van der Waals surface area (Å²) in [6.45, 7) is 6.38. The van der Waals surface area contributed by atoms with Crippen LogP contribution in [0.15, 0.2) is 41.3 Å². The molecule has 1 saturated heterocycles. The highest BCUT2D eigenvalue weighted by atomic mass is 35.5. The molecule has 1 aliphatic rings. The lowest BCUT2D eigenvalue weighted by Crippen LogP contribution is -2.40. The van der Waals surface area contributed by atoms with Gasteiger partial charge in [-0.3, -0.25) is 4.79 Å². The quantitative estimate of drug-likeness (QED) is 0.590. The van der Waals surface area contributed by atoms with Gasteiger partial charge >= 0.3 is 5.97 Å². The van der Waals surface area contributed by atoms with Crippen LogP contribution in [0.1, 0.15) is 41.3 Å². The third-order valence-corrected chi connectivity index (χ3v) is 7.66. The third-order valence-electron chi connectivity index (χ3n) is 5.28. The lowest BCUT2D eigenvalue weighted by atomic mass is 9.98. The maximum absolute atomic E-state index is 12.9. The Bertz CT molecular complexity index is 1140. The number of para-hydroxylation sites is 1. The fourth-order valence-electron chi connectivity index (χ4n) is 3.49. The van der Waals surface area contributed by atoms with Crippen molar-refractivity contribution < 1.29 is 27.5 Å². The van der Waals surface area contributed by atoms with Crippen LogP contribution in [0.4, 0.5) is 5.69 Å². The fourth-order valence-corrected chi connectivity index (χ4v) is 5.39. The number of carbonyl (C=O) groups excluding carboxylic acids is 2. The number of anilines is 1. The minimum atomic E-state index is -3.90. The molecule has 0 aliphatic carbocycles. The van der Waals surface area contributed by atoms with Crippen LogP contribution in [0.3, 0.4) is 0 Å². The Balaban J connectivity index is 1.70. The topological polar surface area (TPSA) is 102 Å². The molecule has 2 aromatic rings. The lowest BCUT2D eigenvalue weighted by molar-refractivity contribution is -0.119. The van der Waals surface area contributed by atoms with E-state index >= 15 is 0 Å². The summed E-state index contributed by atoms with van der Waals surface area (Å²) in [5.74, 6) is -1.12. The van der Waals surface area contributed by atoms with Crippen molar-refractivity contribution in [3.8, 4) is 0 Å². The number of nitrogens with zero attached hydrogens (tertiary/aromatic N) is 1. The van der Waals surface area contributed by atoms with Gasteiger partial charge in [-0.2, -0.15) is 4.31 Å². The van der Waals surface area contributed by atoms with Gasteiger partial charge in [0.2, 0.25) is 10.0 Å². The van der Waals surface area contributed by atoms with Gasteiger partial charge in [0.1, 0.15) is 4.90 Å². The molecule has 0 atom stereocenters. The van der Waals surface area contributed by atoms with Crippen LogP contribution in [0.5, 0.6) is 0 Å². The molecule has 0 bridgehead atoms. The molecule has 0 unspecified atom stereocenters. The Morgan fingerprint density at radius 1 is 1.18 bits per heavy atom. The molecular formula is C23H27ClN2O6S. The molecule has 0 aromatic heterocycles. The first-order chi connectivity index (χ1) is 15.6. The van der Waals surface area contributed by atoms with Crippen molar-refractivity contribution in [1.29, 1.82) is 0 Å². The van der Waals surface area contributed by atoms with Gasteiger partial charge in [-0.15, -0.1) is 0 Å². The van der Waals surface area contributed by atoms with E-state index in [0.717, 1.165) is 11.1 Å². The molecule has 1 heterocycles. The fraction of sp³-hybridized carbons (Fsp3) is 0.391. The molecule has 0 saturated carbocycles. The number of rotatable bonds is 7. The van der Waals surface area contributed by atoms with E-state index in [1.54, 1.807) is 0 Å². The molecule has 1 amide bonds. The van der Waals surface area contributed by atoms with E-state index in [1.807, 2.05) is 39.0 Å². The van der Waals surface area contributed by atoms with Gasteiger partial charge in [0.15, 0.2) is 6.61 Å². The zero-order chi connectivity index (χ0) is 24.2. The van der Waals surface area contributed by atoms with E-state index in [0.29, 0.717) is 5.69 Å². The molecule has 0 radical (unpaired) electrons. The normalized spacial score (nSPS) is 14.8. The van der Waals surface area contributed by atoms with E-state index < -0.39 is 28.5 Å². The number of amides is 1. The standard InChI is InChI=1S/C23H27ClN2O6S/c1-15(2)18-6-4-5-16(3)22(18)25-21(27)14-32-23(28)17-7-8-19(24)20(13-17)33(29,30)26-9-11-31-12-10-26/h4-8,13,15H,9-12,14H2,1-3H3,(H,25,27). The van der Waals surface area contributed by atoms with E-state index in [-0.39, 0.29) is 47.7 Å². The predicted octanol–water partition coefficient (Wildman–Crippen LogP) is 3.59. The van der Waals surface area contributed by atoms with Crippen LogP contribution < -0.4 is 5.32 Å². The first kappa shape index (κ1) is 25.2. The number of morpholine rings is 1. The number of sulfonamides is 1. The molecule has 33 heavy (non-hydrogen) atoms. The second-order valence-electron chi connectivity index (χ2n) is 7.98. The van der Waals surface area contributed by atoms with Gasteiger partial charge in [-0.1, -0.05) is 43.6 Å². The lowest BCUT2D eigenvalue weighted by Gasteiger charge is -2.26. The zero-order valence-electron chi connectivity index (χ0n) is 18.8. The highest BCUT2D eigenvalue weighted by molar-refractivity contribution is 7.89. The maximum atomic E-state index is 12.9. The summed E-state index contributed by atoms with van der Waals surface area (Å²) in [4.78, 5) is 24.8. The summed E-state index contributed by atoms with van der Waals surface area (Å²) >= 11 is 6.12. The highest BCUT2D eigenvalue weighted by Crippen LogP contribution is 2.28. The summed E-state index contributed by atoms with van der Waals surface area (Å²) in [6.07, 6.45) is 0. The molecule has 10 heteroatoms. The van der Waals surface area contributed by atoms with Crippen LogP contribution in [-0.2, 0) is 24.3 Å². The largest absolute Gasteiger partial charge is 0.452 e. The number of hydrogen-bond donors (Lipinski definition) is 1. The summed E-state index contributed by atoms with van der Waals surface area (Å²) in [6, 6.07) is 9.60. The first-order valence-electron chi connectivity index (χ1n) is 10.5. The van der Waals surface area contributed by atoms with Crippen molar-refractivity contribution in [2.24, 2.45) is 0 Å². The van der Waals surface area contributed by atoms with Crippen LogP contribution in [0, 0.1) is 6.92 Å². The number of aryl methyl sites for hydroxylation is 1. The van der Waals surface area contributed by atoms with Crippen LogP contribution in [0.2, 0.25) is 5.02 Å². The molecule has 178 valence electrons. The second-order valence-corrected chi connectivity index (χ2v) is 10.3. The number of carbonyl (C=O) groups is 2. The minimum absolute atomic E-state index is 0.00319. The monoisotopic (exact) mass is 494 g/mol. The van der Waals surface area contributed by atoms with Gasteiger partial charge in [0, 0.05) is 18.8 Å². The number of nitrogens with one attached hydrogen (secondary N) is 1. The number of benzene rings is 2. The van der Waals surface area contributed by atoms with Crippen molar-refractivity contribution in [2.75, 3.05) is 38.2 Å². The van der Waals surface area contributed by atoms with Crippen molar-refractivity contribution >= 4 is 39.2 Å². The van der Waals surface area contributed by atoms with Crippen molar-refractivity contribution in [1.82, 2.24) is 4.31 Å². The van der Waals surface area contributed by atoms with Crippen LogP contribution in [0.25, 0.3) is 0 Å². The van der Waals surface area contributed by atoms with Crippen LogP contribution in [-0.4, -0.2) is 57.5 Å².